The molecule has 0 saturated heterocycles. The fraction of sp³-hybridized carbons (Fsp3) is 0.621. The summed E-state index contributed by atoms with van der Waals surface area (Å²) in [5, 5.41) is 0. The van der Waals surface area contributed by atoms with Gasteiger partial charge < -0.3 is 17.9 Å². The van der Waals surface area contributed by atoms with E-state index in [0.717, 1.165) is 17.9 Å². The number of quaternary nitrogens is 4. The second-order valence-corrected chi connectivity index (χ2v) is 23.2. The standard InChI is InChI=1S/C58H98N4/c1-59(2,3)41-25-17-13-21-29-53-45-54(30-22-14-18-26-42-60(4,5)6)48-57(47-53)39-37-51-33-35-52(36-34-51)38-40-58-49-55(31-23-15-19-27-43-61(7,8)9)46-56(50-58)32-24-16-20-28-44-62(10,11)12/h33-40,45-50H,13-32,41-44H2,1-12H3/q+4/b39-37+,40-38+. The summed E-state index contributed by atoms with van der Waals surface area (Å²) in [4.78, 5) is 0. The summed E-state index contributed by atoms with van der Waals surface area (Å²) in [6.07, 6.45) is 35.1. The number of aryl methyl sites for hydroxylation is 4. The van der Waals surface area contributed by atoms with Crippen molar-refractivity contribution >= 4 is 24.3 Å². The zero-order chi connectivity index (χ0) is 45.5. The second-order valence-electron chi connectivity index (χ2n) is 23.2. The number of hydrogen-bond donors (Lipinski definition) is 0. The summed E-state index contributed by atoms with van der Waals surface area (Å²) in [5.41, 5.74) is 11.3. The van der Waals surface area contributed by atoms with Crippen molar-refractivity contribution in [1.29, 1.82) is 0 Å². The fourth-order valence-corrected chi connectivity index (χ4v) is 8.53. The van der Waals surface area contributed by atoms with E-state index in [1.807, 2.05) is 0 Å². The van der Waals surface area contributed by atoms with E-state index in [2.05, 4.69) is 170 Å². The second kappa shape index (κ2) is 27.3. The van der Waals surface area contributed by atoms with E-state index < -0.39 is 0 Å². The number of hydrogen-bond acceptors (Lipinski definition) is 0. The van der Waals surface area contributed by atoms with Crippen LogP contribution in [-0.2, 0) is 25.7 Å². The Morgan fingerprint density at radius 1 is 0.258 bits per heavy atom. The molecule has 0 saturated carbocycles. The van der Waals surface area contributed by atoms with Crippen LogP contribution in [0.4, 0.5) is 0 Å². The number of rotatable bonds is 32. The normalized spacial score (nSPS) is 13.0. The third-order valence-electron chi connectivity index (χ3n) is 12.2. The van der Waals surface area contributed by atoms with Crippen molar-refractivity contribution in [2.45, 2.75) is 128 Å². The Morgan fingerprint density at radius 3 is 0.694 bits per heavy atom. The quantitative estimate of drug-likeness (QED) is 0.0333. The third kappa shape index (κ3) is 27.2. The van der Waals surface area contributed by atoms with Crippen molar-refractivity contribution in [2.75, 3.05) is 111 Å². The van der Waals surface area contributed by atoms with Crippen molar-refractivity contribution in [3.63, 3.8) is 0 Å². The van der Waals surface area contributed by atoms with Crippen molar-refractivity contribution in [3.05, 3.63) is 105 Å². The Balaban J connectivity index is 1.66. The van der Waals surface area contributed by atoms with Crippen LogP contribution in [0, 0.1) is 0 Å². The van der Waals surface area contributed by atoms with Crippen LogP contribution in [-0.4, -0.2) is 129 Å². The average molecular weight is 851 g/mol. The first kappa shape index (κ1) is 53.3. The zero-order valence-corrected chi connectivity index (χ0v) is 42.8. The van der Waals surface area contributed by atoms with Crippen LogP contribution in [0.25, 0.3) is 24.3 Å². The largest absolute Gasteiger partial charge is 0.331 e. The highest BCUT2D eigenvalue weighted by atomic mass is 15.3. The van der Waals surface area contributed by atoms with Gasteiger partial charge in [0, 0.05) is 0 Å². The van der Waals surface area contributed by atoms with Gasteiger partial charge in [0.25, 0.3) is 0 Å². The van der Waals surface area contributed by atoms with Gasteiger partial charge in [-0.1, -0.05) is 111 Å². The van der Waals surface area contributed by atoms with Crippen LogP contribution >= 0.6 is 0 Å². The molecular weight excluding hydrogens is 753 g/mol. The van der Waals surface area contributed by atoms with Gasteiger partial charge in [-0.15, -0.1) is 0 Å². The van der Waals surface area contributed by atoms with Crippen molar-refractivity contribution < 1.29 is 17.9 Å². The van der Waals surface area contributed by atoms with Gasteiger partial charge in [-0.2, -0.15) is 0 Å². The van der Waals surface area contributed by atoms with E-state index in [9.17, 15) is 0 Å². The van der Waals surface area contributed by atoms with Gasteiger partial charge >= 0.3 is 0 Å². The predicted molar refractivity (Wildman–Crippen MR) is 277 cm³/mol. The van der Waals surface area contributed by atoms with Crippen molar-refractivity contribution in [3.8, 4) is 0 Å². The van der Waals surface area contributed by atoms with Gasteiger partial charge in [-0.25, -0.2) is 0 Å². The summed E-state index contributed by atoms with van der Waals surface area (Å²) >= 11 is 0. The van der Waals surface area contributed by atoms with E-state index >= 15 is 0 Å². The van der Waals surface area contributed by atoms with E-state index in [4.69, 9.17) is 0 Å². The summed E-state index contributed by atoms with van der Waals surface area (Å²) in [5.74, 6) is 0. The lowest BCUT2D eigenvalue weighted by molar-refractivity contribution is -0.870. The van der Waals surface area contributed by atoms with Crippen LogP contribution < -0.4 is 0 Å². The first-order valence-corrected chi connectivity index (χ1v) is 25.2. The maximum atomic E-state index is 2.51. The molecule has 62 heavy (non-hydrogen) atoms. The fourth-order valence-electron chi connectivity index (χ4n) is 8.53. The Kier molecular flexibility index (Phi) is 23.5. The Labute approximate surface area is 385 Å². The molecule has 0 aromatic heterocycles. The Hall–Kier alpha value is -3.02. The Morgan fingerprint density at radius 2 is 0.468 bits per heavy atom. The minimum Gasteiger partial charge on any atom is -0.331 e. The molecule has 0 amide bonds. The van der Waals surface area contributed by atoms with Gasteiger partial charge in [-0.3, -0.25) is 0 Å². The molecule has 0 atom stereocenters. The van der Waals surface area contributed by atoms with Gasteiger partial charge in [0.05, 0.1) is 111 Å². The Bertz CT molecular complexity index is 1500. The highest BCUT2D eigenvalue weighted by Gasteiger charge is 2.10. The van der Waals surface area contributed by atoms with Gasteiger partial charge in [-0.05, 0) is 147 Å². The van der Waals surface area contributed by atoms with Crippen LogP contribution in [0.3, 0.4) is 0 Å². The topological polar surface area (TPSA) is 0 Å². The number of nitrogens with zero attached hydrogens (tertiary/aromatic N) is 4. The molecule has 3 aromatic rings. The van der Waals surface area contributed by atoms with Crippen molar-refractivity contribution in [2.24, 2.45) is 0 Å². The molecule has 3 aromatic carbocycles. The average Bonchev–Trinajstić information content (AvgIpc) is 3.17. The van der Waals surface area contributed by atoms with E-state index in [1.165, 1.54) is 199 Å². The molecule has 0 spiro atoms. The smallest absolute Gasteiger partial charge is 0.0780 e. The van der Waals surface area contributed by atoms with E-state index in [-0.39, 0.29) is 0 Å². The molecule has 0 N–H and O–H groups in total. The minimum absolute atomic E-state index is 1.07. The molecule has 346 valence electrons. The van der Waals surface area contributed by atoms with Crippen LogP contribution in [0.2, 0.25) is 0 Å². The molecule has 4 heteroatoms. The minimum atomic E-state index is 1.07. The molecule has 0 bridgehead atoms. The van der Waals surface area contributed by atoms with Gasteiger partial charge in [0.1, 0.15) is 0 Å². The molecular formula is C58H98N4+4. The summed E-state index contributed by atoms with van der Waals surface area (Å²) in [6.45, 7) is 5.06. The summed E-state index contributed by atoms with van der Waals surface area (Å²) in [6, 6.07) is 24.0. The maximum absolute atomic E-state index is 2.51. The summed E-state index contributed by atoms with van der Waals surface area (Å²) < 4.78 is 4.27. The van der Waals surface area contributed by atoms with Crippen LogP contribution in [0.5, 0.6) is 0 Å². The maximum Gasteiger partial charge on any atom is 0.0780 e. The zero-order valence-electron chi connectivity index (χ0n) is 42.8. The predicted octanol–water partition coefficient (Wildman–Crippen LogP) is 13.3. The molecule has 0 aliphatic rings. The third-order valence-corrected chi connectivity index (χ3v) is 12.2. The monoisotopic (exact) mass is 851 g/mol. The highest BCUT2D eigenvalue weighted by molar-refractivity contribution is 5.73. The molecule has 0 unspecified atom stereocenters. The SMILES string of the molecule is C[N+](C)(C)CCCCCCc1cc(/C=C/c2ccc(/C=C/c3cc(CCCCCC[N+](C)(C)C)cc(CCCCCC[N+](C)(C)C)c3)cc2)cc(CCCCCC[N+](C)(C)C)c1. The number of benzene rings is 3. The molecule has 0 radical (unpaired) electrons. The molecule has 3 rings (SSSR count). The lowest BCUT2D eigenvalue weighted by Crippen LogP contribution is -2.35. The highest BCUT2D eigenvalue weighted by Crippen LogP contribution is 2.22. The first-order chi connectivity index (χ1) is 29.2. The number of unbranched alkanes of at least 4 members (excludes halogenated alkanes) is 12. The molecule has 0 fully saturated rings. The lowest BCUT2D eigenvalue weighted by Gasteiger charge is -2.23. The van der Waals surface area contributed by atoms with E-state index in [0.29, 0.717) is 0 Å². The van der Waals surface area contributed by atoms with E-state index in [1.54, 1.807) is 0 Å². The first-order valence-electron chi connectivity index (χ1n) is 25.2. The van der Waals surface area contributed by atoms with Crippen molar-refractivity contribution in [1.82, 2.24) is 0 Å². The lowest BCUT2D eigenvalue weighted by atomic mass is 9.96. The molecule has 0 heterocycles. The van der Waals surface area contributed by atoms with Crippen LogP contribution in [0.1, 0.15) is 147 Å². The molecule has 0 aliphatic carbocycles. The molecule has 0 aliphatic heterocycles. The van der Waals surface area contributed by atoms with Gasteiger partial charge in [0.2, 0.25) is 0 Å². The molecule has 4 nitrogen and oxygen atoms in total. The van der Waals surface area contributed by atoms with Crippen LogP contribution in [0.15, 0.2) is 60.7 Å². The summed E-state index contributed by atoms with van der Waals surface area (Å²) in [7, 11) is 27.7. The van der Waals surface area contributed by atoms with Gasteiger partial charge in [0.15, 0.2) is 0 Å².